The van der Waals surface area contributed by atoms with Crippen LogP contribution in [0.1, 0.15) is 21.6 Å². The van der Waals surface area contributed by atoms with Gasteiger partial charge >= 0.3 is 0 Å². The van der Waals surface area contributed by atoms with Crippen LogP contribution in [0.3, 0.4) is 0 Å². The fourth-order valence-electron chi connectivity index (χ4n) is 2.52. The molecule has 0 atom stereocenters. The number of hydrogen-bond acceptors (Lipinski definition) is 5. The summed E-state index contributed by atoms with van der Waals surface area (Å²) in [5.41, 5.74) is 3.84. The number of aryl methyl sites for hydroxylation is 1. The second-order valence-corrected chi connectivity index (χ2v) is 6.37. The zero-order chi connectivity index (χ0) is 19.4. The average Bonchev–Trinajstić information content (AvgIpc) is 2.66. The third-order valence-electron chi connectivity index (χ3n) is 4.15. The first kappa shape index (κ1) is 18.7. The molecule has 2 N–H and O–H groups in total. The Morgan fingerprint density at radius 1 is 1.11 bits per heavy atom. The maximum Gasteiger partial charge on any atom is 0.274 e. The highest BCUT2D eigenvalue weighted by Gasteiger charge is 2.13. The van der Waals surface area contributed by atoms with Crippen molar-refractivity contribution in [1.82, 2.24) is 9.97 Å². The van der Waals surface area contributed by atoms with Gasteiger partial charge in [0.25, 0.3) is 5.91 Å². The molecule has 0 bridgehead atoms. The van der Waals surface area contributed by atoms with Gasteiger partial charge in [0.15, 0.2) is 0 Å². The standard InChI is InChI=1S/C20H19ClN4O2/c1-12-5-4-6-15(13(12)2)24-20-22-10-9-16(25-20)19(26)23-17-11-14(21)7-8-18(17)27-3/h4-11H,1-3H3,(H,23,26)(H,22,24,25). The van der Waals surface area contributed by atoms with Crippen molar-refractivity contribution in [1.29, 1.82) is 0 Å². The molecule has 0 radical (unpaired) electrons. The molecule has 0 aliphatic heterocycles. The van der Waals surface area contributed by atoms with Crippen LogP contribution in [0.5, 0.6) is 5.75 Å². The molecule has 27 heavy (non-hydrogen) atoms. The molecular weight excluding hydrogens is 364 g/mol. The third kappa shape index (κ3) is 4.35. The lowest BCUT2D eigenvalue weighted by atomic mass is 10.1. The number of nitrogens with one attached hydrogen (secondary N) is 2. The van der Waals surface area contributed by atoms with Gasteiger partial charge < -0.3 is 15.4 Å². The monoisotopic (exact) mass is 382 g/mol. The van der Waals surface area contributed by atoms with E-state index in [0.29, 0.717) is 22.4 Å². The Morgan fingerprint density at radius 2 is 1.93 bits per heavy atom. The molecule has 7 heteroatoms. The topological polar surface area (TPSA) is 76.1 Å². The van der Waals surface area contributed by atoms with E-state index in [1.54, 1.807) is 24.3 Å². The van der Waals surface area contributed by atoms with Crippen LogP contribution in [0.15, 0.2) is 48.7 Å². The van der Waals surface area contributed by atoms with Crippen LogP contribution >= 0.6 is 11.6 Å². The first-order valence-electron chi connectivity index (χ1n) is 8.29. The third-order valence-corrected chi connectivity index (χ3v) is 4.38. The van der Waals surface area contributed by atoms with Gasteiger partial charge in [-0.15, -0.1) is 0 Å². The van der Waals surface area contributed by atoms with Gasteiger partial charge in [0.2, 0.25) is 5.95 Å². The van der Waals surface area contributed by atoms with Gasteiger partial charge in [-0.2, -0.15) is 0 Å². The predicted molar refractivity (Wildman–Crippen MR) is 107 cm³/mol. The van der Waals surface area contributed by atoms with Crippen molar-refractivity contribution < 1.29 is 9.53 Å². The highest BCUT2D eigenvalue weighted by molar-refractivity contribution is 6.31. The van der Waals surface area contributed by atoms with Crippen LogP contribution in [0.2, 0.25) is 5.02 Å². The van der Waals surface area contributed by atoms with E-state index in [1.165, 1.54) is 13.3 Å². The first-order valence-corrected chi connectivity index (χ1v) is 8.67. The van der Waals surface area contributed by atoms with E-state index in [0.717, 1.165) is 16.8 Å². The number of anilines is 3. The first-order chi connectivity index (χ1) is 13.0. The smallest absolute Gasteiger partial charge is 0.274 e. The number of halogens is 1. The highest BCUT2D eigenvalue weighted by atomic mass is 35.5. The van der Waals surface area contributed by atoms with Crippen LogP contribution in [0.25, 0.3) is 0 Å². The molecule has 2 aromatic carbocycles. The molecule has 1 aromatic heterocycles. The minimum Gasteiger partial charge on any atom is -0.495 e. The van der Waals surface area contributed by atoms with Gasteiger partial charge in [-0.05, 0) is 55.3 Å². The van der Waals surface area contributed by atoms with Crippen LogP contribution in [0.4, 0.5) is 17.3 Å². The molecule has 0 fully saturated rings. The number of aromatic nitrogens is 2. The van der Waals surface area contributed by atoms with Crippen molar-refractivity contribution in [3.63, 3.8) is 0 Å². The van der Waals surface area contributed by atoms with Crippen molar-refractivity contribution in [3.05, 3.63) is 70.5 Å². The normalized spacial score (nSPS) is 10.4. The Hall–Kier alpha value is -3.12. The van der Waals surface area contributed by atoms with Gasteiger partial charge in [-0.25, -0.2) is 9.97 Å². The van der Waals surface area contributed by atoms with Gasteiger partial charge in [-0.3, -0.25) is 4.79 Å². The van der Waals surface area contributed by atoms with Crippen LogP contribution in [0, 0.1) is 13.8 Å². The molecule has 0 saturated carbocycles. The van der Waals surface area contributed by atoms with Gasteiger partial charge in [0.1, 0.15) is 11.4 Å². The lowest BCUT2D eigenvalue weighted by Gasteiger charge is -2.12. The van der Waals surface area contributed by atoms with E-state index < -0.39 is 0 Å². The zero-order valence-electron chi connectivity index (χ0n) is 15.2. The van der Waals surface area contributed by atoms with Crippen molar-refractivity contribution in [2.24, 2.45) is 0 Å². The minimum atomic E-state index is -0.387. The molecule has 3 rings (SSSR count). The van der Waals surface area contributed by atoms with Crippen molar-refractivity contribution in [3.8, 4) is 5.75 Å². The Kier molecular flexibility index (Phi) is 5.57. The number of hydrogen-bond donors (Lipinski definition) is 2. The molecule has 0 unspecified atom stereocenters. The number of nitrogens with zero attached hydrogens (tertiary/aromatic N) is 2. The molecule has 1 heterocycles. The highest BCUT2D eigenvalue weighted by Crippen LogP contribution is 2.28. The molecule has 1 amide bonds. The SMILES string of the molecule is COc1ccc(Cl)cc1NC(=O)c1ccnc(Nc2cccc(C)c2C)n1. The quantitative estimate of drug-likeness (QED) is 0.665. The summed E-state index contributed by atoms with van der Waals surface area (Å²) in [5.74, 6) is 0.465. The molecule has 0 aliphatic rings. The van der Waals surface area contributed by atoms with Crippen LogP contribution < -0.4 is 15.4 Å². The largest absolute Gasteiger partial charge is 0.495 e. The molecule has 6 nitrogen and oxygen atoms in total. The lowest BCUT2D eigenvalue weighted by Crippen LogP contribution is -2.15. The van der Waals surface area contributed by atoms with E-state index in [1.807, 2.05) is 32.0 Å². The van der Waals surface area contributed by atoms with Crippen molar-refractivity contribution in [2.45, 2.75) is 13.8 Å². The molecule has 0 spiro atoms. The Balaban J connectivity index is 1.82. The van der Waals surface area contributed by atoms with Crippen molar-refractivity contribution in [2.75, 3.05) is 17.7 Å². The van der Waals surface area contributed by atoms with E-state index in [-0.39, 0.29) is 11.6 Å². The number of rotatable bonds is 5. The maximum absolute atomic E-state index is 12.6. The van der Waals surface area contributed by atoms with Gasteiger partial charge in [-0.1, -0.05) is 23.7 Å². The Morgan fingerprint density at radius 3 is 2.70 bits per heavy atom. The summed E-state index contributed by atoms with van der Waals surface area (Å²) in [6.07, 6.45) is 1.53. The van der Waals surface area contributed by atoms with Crippen LogP contribution in [-0.2, 0) is 0 Å². The minimum absolute atomic E-state index is 0.222. The number of benzene rings is 2. The lowest BCUT2D eigenvalue weighted by molar-refractivity contribution is 0.102. The summed E-state index contributed by atoms with van der Waals surface area (Å²) in [7, 11) is 1.52. The second kappa shape index (κ2) is 8.05. The van der Waals surface area contributed by atoms with Gasteiger partial charge in [0.05, 0.1) is 12.8 Å². The Labute approximate surface area is 162 Å². The number of carbonyl (C=O) groups excluding carboxylic acids is 1. The summed E-state index contributed by atoms with van der Waals surface area (Å²) in [6.45, 7) is 4.04. The second-order valence-electron chi connectivity index (χ2n) is 5.94. The molecule has 3 aromatic rings. The fraction of sp³-hybridized carbons (Fsp3) is 0.150. The van der Waals surface area contributed by atoms with E-state index >= 15 is 0 Å². The molecular formula is C20H19ClN4O2. The Bertz CT molecular complexity index is 991. The van der Waals surface area contributed by atoms with Crippen molar-refractivity contribution >= 4 is 34.8 Å². The molecule has 138 valence electrons. The fourth-order valence-corrected chi connectivity index (χ4v) is 2.69. The molecule has 0 aliphatic carbocycles. The van der Waals surface area contributed by atoms with E-state index in [2.05, 4.69) is 20.6 Å². The zero-order valence-corrected chi connectivity index (χ0v) is 16.0. The molecule has 0 saturated heterocycles. The number of carbonyl (C=O) groups is 1. The predicted octanol–water partition coefficient (Wildman–Crippen LogP) is 4.75. The van der Waals surface area contributed by atoms with E-state index in [9.17, 15) is 4.79 Å². The summed E-state index contributed by atoms with van der Waals surface area (Å²) in [6, 6.07) is 12.5. The number of ether oxygens (including phenoxy) is 1. The summed E-state index contributed by atoms with van der Waals surface area (Å²) in [4.78, 5) is 21.1. The summed E-state index contributed by atoms with van der Waals surface area (Å²) in [5, 5.41) is 6.41. The summed E-state index contributed by atoms with van der Waals surface area (Å²) >= 11 is 6.00. The number of methoxy groups -OCH3 is 1. The summed E-state index contributed by atoms with van der Waals surface area (Å²) < 4.78 is 5.25. The maximum atomic E-state index is 12.6. The number of amides is 1. The van der Waals surface area contributed by atoms with E-state index in [4.69, 9.17) is 16.3 Å². The van der Waals surface area contributed by atoms with Gasteiger partial charge in [0, 0.05) is 16.9 Å². The average molecular weight is 383 g/mol. The van der Waals surface area contributed by atoms with Crippen LogP contribution in [-0.4, -0.2) is 23.0 Å².